The molecule has 0 bridgehead atoms. The van der Waals surface area contributed by atoms with Gasteiger partial charge in [-0.2, -0.15) is 4.21 Å². The summed E-state index contributed by atoms with van der Waals surface area (Å²) in [5, 5.41) is 17.4. The highest BCUT2D eigenvalue weighted by Gasteiger charge is 2.50. The Morgan fingerprint density at radius 1 is 1.67 bits per heavy atom. The van der Waals surface area contributed by atoms with Crippen LogP contribution in [-0.2, 0) is 19.7 Å². The van der Waals surface area contributed by atoms with E-state index in [0.717, 1.165) is 0 Å². The monoisotopic (exact) mass is 154 g/mol. The maximum Gasteiger partial charge on any atom is 0.336 e. The van der Waals surface area contributed by atoms with E-state index in [2.05, 4.69) is 8.37 Å². The van der Waals surface area contributed by atoms with Gasteiger partial charge in [-0.3, -0.25) is 0 Å². The van der Waals surface area contributed by atoms with Crippen molar-refractivity contribution in [2.75, 3.05) is 0 Å². The third-order valence-electron chi connectivity index (χ3n) is 0.903. The first-order valence-corrected chi connectivity index (χ1v) is 3.26. The molecule has 1 aliphatic heterocycles. The standard InChI is InChI=1S/C3H6O5S/c1-2(4)3(5)7-9(6)8-3/h2,4-5H,1H3. The molecule has 1 fully saturated rings. The molecule has 6 heteroatoms. The van der Waals surface area contributed by atoms with Crippen molar-refractivity contribution in [2.45, 2.75) is 19.0 Å². The van der Waals surface area contributed by atoms with E-state index in [0.29, 0.717) is 0 Å². The summed E-state index contributed by atoms with van der Waals surface area (Å²) in [7, 11) is 0. The Morgan fingerprint density at radius 2 is 2.11 bits per heavy atom. The van der Waals surface area contributed by atoms with Crippen molar-refractivity contribution >= 4 is 11.4 Å². The zero-order valence-electron chi connectivity index (χ0n) is 4.60. The lowest BCUT2D eigenvalue weighted by Crippen LogP contribution is -2.54. The van der Waals surface area contributed by atoms with E-state index in [-0.39, 0.29) is 0 Å². The number of rotatable bonds is 1. The minimum Gasteiger partial charge on any atom is -0.385 e. The van der Waals surface area contributed by atoms with Crippen LogP contribution in [0.2, 0.25) is 0 Å². The molecule has 0 aromatic heterocycles. The van der Waals surface area contributed by atoms with Gasteiger partial charge in [0.05, 0.1) is 0 Å². The van der Waals surface area contributed by atoms with Gasteiger partial charge in [0.1, 0.15) is 6.10 Å². The molecule has 1 unspecified atom stereocenters. The van der Waals surface area contributed by atoms with Crippen LogP contribution in [0.4, 0.5) is 0 Å². The fraction of sp³-hybridized carbons (Fsp3) is 1.00. The maximum absolute atomic E-state index is 10.0. The van der Waals surface area contributed by atoms with E-state index in [1.807, 2.05) is 0 Å². The molecule has 2 N–H and O–H groups in total. The molecule has 0 aromatic carbocycles. The van der Waals surface area contributed by atoms with Crippen LogP contribution < -0.4 is 0 Å². The van der Waals surface area contributed by atoms with Gasteiger partial charge in [-0.1, -0.05) is 0 Å². The van der Waals surface area contributed by atoms with Crippen LogP contribution in [-0.4, -0.2) is 26.5 Å². The maximum atomic E-state index is 10.0. The summed E-state index contributed by atoms with van der Waals surface area (Å²) in [6.07, 6.45) is -1.20. The summed E-state index contributed by atoms with van der Waals surface area (Å²) in [5.41, 5.74) is 0. The molecule has 1 aliphatic rings. The Morgan fingerprint density at radius 3 is 2.22 bits per heavy atom. The number of hydrogen-bond donors (Lipinski definition) is 2. The fourth-order valence-corrected chi connectivity index (χ4v) is 1.02. The van der Waals surface area contributed by atoms with Crippen LogP contribution in [0.25, 0.3) is 0 Å². The van der Waals surface area contributed by atoms with Crippen molar-refractivity contribution in [3.05, 3.63) is 0 Å². The average molecular weight is 154 g/mol. The van der Waals surface area contributed by atoms with Gasteiger partial charge in [0.2, 0.25) is 0 Å². The summed E-state index contributed by atoms with van der Waals surface area (Å²) >= 11 is -1.89. The second-order valence-electron chi connectivity index (χ2n) is 1.68. The Balaban J connectivity index is 2.49. The van der Waals surface area contributed by atoms with Crippen LogP contribution in [0.5, 0.6) is 0 Å². The molecule has 1 atom stereocenters. The Kier molecular flexibility index (Phi) is 1.57. The summed E-state index contributed by atoms with van der Waals surface area (Å²) in [6, 6.07) is 0. The number of aliphatic hydroxyl groups is 2. The van der Waals surface area contributed by atoms with Gasteiger partial charge in [-0.05, 0) is 6.92 Å². The molecule has 1 saturated heterocycles. The third kappa shape index (κ3) is 1.12. The first-order chi connectivity index (χ1) is 4.04. The highest BCUT2D eigenvalue weighted by atomic mass is 32.2. The molecule has 0 radical (unpaired) electrons. The fourth-order valence-electron chi connectivity index (χ4n) is 0.340. The minimum absolute atomic E-state index is 1.20. The number of hydrogen-bond acceptors (Lipinski definition) is 5. The molecular formula is C3H6O5S. The number of aliphatic hydroxyl groups excluding tert-OH is 1. The molecular weight excluding hydrogens is 148 g/mol. The zero-order chi connectivity index (χ0) is 7.07. The van der Waals surface area contributed by atoms with E-state index in [1.54, 1.807) is 0 Å². The Labute approximate surface area is 54.1 Å². The highest BCUT2D eigenvalue weighted by Crippen LogP contribution is 2.27. The lowest BCUT2D eigenvalue weighted by Gasteiger charge is -2.34. The van der Waals surface area contributed by atoms with Crippen LogP contribution in [0.3, 0.4) is 0 Å². The van der Waals surface area contributed by atoms with Gasteiger partial charge in [0.15, 0.2) is 0 Å². The van der Waals surface area contributed by atoms with Gasteiger partial charge in [0.25, 0.3) is 0 Å². The predicted octanol–water partition coefficient (Wildman–Crippen LogP) is -1.36. The Hall–Kier alpha value is -0.0100. The summed E-state index contributed by atoms with van der Waals surface area (Å²) in [5.74, 6) is -2.05. The largest absolute Gasteiger partial charge is 0.385 e. The molecule has 1 rings (SSSR count). The Bertz CT molecular complexity index is 135. The van der Waals surface area contributed by atoms with Crippen LogP contribution in [0.15, 0.2) is 0 Å². The van der Waals surface area contributed by atoms with Gasteiger partial charge >= 0.3 is 17.3 Å². The molecule has 54 valence electrons. The topological polar surface area (TPSA) is 76.0 Å². The van der Waals surface area contributed by atoms with E-state index < -0.39 is 23.4 Å². The normalized spacial score (nSPS) is 45.9. The van der Waals surface area contributed by atoms with Crippen molar-refractivity contribution in [3.8, 4) is 0 Å². The van der Waals surface area contributed by atoms with E-state index in [9.17, 15) is 4.21 Å². The van der Waals surface area contributed by atoms with Crippen molar-refractivity contribution in [2.24, 2.45) is 0 Å². The first-order valence-electron chi connectivity index (χ1n) is 2.26. The van der Waals surface area contributed by atoms with Gasteiger partial charge < -0.3 is 10.2 Å². The molecule has 9 heavy (non-hydrogen) atoms. The first kappa shape index (κ1) is 7.10. The zero-order valence-corrected chi connectivity index (χ0v) is 5.42. The highest BCUT2D eigenvalue weighted by molar-refractivity contribution is 7.76. The smallest absolute Gasteiger partial charge is 0.336 e. The lowest BCUT2D eigenvalue weighted by atomic mass is 10.3. The molecule has 5 nitrogen and oxygen atoms in total. The average Bonchev–Trinajstić information content (AvgIpc) is 1.62. The molecule has 0 aliphatic carbocycles. The molecule has 1 heterocycles. The third-order valence-corrected chi connectivity index (χ3v) is 1.65. The molecule has 0 spiro atoms. The van der Waals surface area contributed by atoms with E-state index >= 15 is 0 Å². The van der Waals surface area contributed by atoms with Crippen molar-refractivity contribution in [3.63, 3.8) is 0 Å². The lowest BCUT2D eigenvalue weighted by molar-refractivity contribution is -0.356. The molecule has 0 aromatic rings. The van der Waals surface area contributed by atoms with Gasteiger partial charge in [0, 0.05) is 0 Å². The second kappa shape index (κ2) is 1.99. The minimum atomic E-state index is -2.05. The van der Waals surface area contributed by atoms with E-state index in [4.69, 9.17) is 10.2 Å². The van der Waals surface area contributed by atoms with Crippen molar-refractivity contribution < 1.29 is 22.8 Å². The summed E-state index contributed by atoms with van der Waals surface area (Å²) in [4.78, 5) is 0. The van der Waals surface area contributed by atoms with Crippen molar-refractivity contribution in [1.82, 2.24) is 0 Å². The summed E-state index contributed by atoms with van der Waals surface area (Å²) in [6.45, 7) is 1.26. The van der Waals surface area contributed by atoms with Gasteiger partial charge in [-0.25, -0.2) is 8.37 Å². The molecule has 0 amide bonds. The summed E-state index contributed by atoms with van der Waals surface area (Å²) < 4.78 is 18.3. The SMILES string of the molecule is CC(O)C1(O)OS(=O)O1. The predicted molar refractivity (Wildman–Crippen MR) is 26.9 cm³/mol. The van der Waals surface area contributed by atoms with Crippen LogP contribution in [0, 0.1) is 0 Å². The van der Waals surface area contributed by atoms with Crippen LogP contribution in [0.1, 0.15) is 6.92 Å². The quantitative estimate of drug-likeness (QED) is 0.487. The molecule has 0 saturated carbocycles. The van der Waals surface area contributed by atoms with Gasteiger partial charge in [-0.15, -0.1) is 0 Å². The van der Waals surface area contributed by atoms with Crippen molar-refractivity contribution in [1.29, 1.82) is 0 Å². The second-order valence-corrected chi connectivity index (χ2v) is 2.42. The van der Waals surface area contributed by atoms with Crippen LogP contribution >= 0.6 is 0 Å². The van der Waals surface area contributed by atoms with E-state index in [1.165, 1.54) is 6.92 Å².